The molecule has 1 unspecified atom stereocenters. The summed E-state index contributed by atoms with van der Waals surface area (Å²) in [6.45, 7) is 6.82. The van der Waals surface area contributed by atoms with E-state index in [-0.39, 0.29) is 0 Å². The topological polar surface area (TPSA) is 48.8 Å². The van der Waals surface area contributed by atoms with Gasteiger partial charge in [0.25, 0.3) is 0 Å². The molecule has 0 radical (unpaired) electrons. The minimum Gasteiger partial charge on any atom is -0.492 e. The number of aliphatic hydroxyl groups is 1. The summed E-state index contributed by atoms with van der Waals surface area (Å²) in [5.74, 6) is 1.45. The van der Waals surface area contributed by atoms with E-state index in [0.29, 0.717) is 12.5 Å². The number of nitrogens with zero attached hydrogens (tertiary/aromatic N) is 3. The largest absolute Gasteiger partial charge is 0.492 e. The number of hydrogen-bond donors (Lipinski definition) is 1. The van der Waals surface area contributed by atoms with Crippen LogP contribution in [0.5, 0.6) is 5.75 Å². The first-order chi connectivity index (χ1) is 12.8. The predicted octanol–water partition coefficient (Wildman–Crippen LogP) is 2.74. The zero-order valence-corrected chi connectivity index (χ0v) is 16.0. The second kappa shape index (κ2) is 8.48. The van der Waals surface area contributed by atoms with Crippen molar-refractivity contribution in [2.45, 2.75) is 32.5 Å². The Morgan fingerprint density at radius 2 is 2.19 bits per heavy atom. The van der Waals surface area contributed by atoms with Gasteiger partial charge in [-0.1, -0.05) is 6.07 Å². The molecule has 1 fully saturated rings. The van der Waals surface area contributed by atoms with Crippen LogP contribution >= 0.6 is 11.3 Å². The van der Waals surface area contributed by atoms with Crippen molar-refractivity contribution in [1.82, 2.24) is 14.8 Å². The molecule has 6 heteroatoms. The Balaban J connectivity index is 1.44. The highest BCUT2D eigenvalue weighted by Crippen LogP contribution is 2.27. The number of piperidine rings is 1. The highest BCUT2D eigenvalue weighted by molar-refractivity contribution is 7.09. The fraction of sp³-hybridized carbons (Fsp3) is 0.550. The quantitative estimate of drug-likeness (QED) is 0.873. The fourth-order valence-corrected chi connectivity index (χ4v) is 4.62. The lowest BCUT2D eigenvalue weighted by Gasteiger charge is -2.32. The number of benzene rings is 1. The van der Waals surface area contributed by atoms with Gasteiger partial charge in [-0.3, -0.25) is 9.80 Å². The normalized spacial score (nSPS) is 21.8. The SMILES string of the molecule is OCC1CCCN(Cc2ccc3c(c2)CN(Cc2nccs2)CCO3)C1. The van der Waals surface area contributed by atoms with Crippen molar-refractivity contribution < 1.29 is 9.84 Å². The second-order valence-electron chi connectivity index (χ2n) is 7.35. The van der Waals surface area contributed by atoms with Gasteiger partial charge in [-0.25, -0.2) is 4.98 Å². The van der Waals surface area contributed by atoms with E-state index in [2.05, 4.69) is 33.0 Å². The molecule has 1 N–H and O–H groups in total. The van der Waals surface area contributed by atoms with Crippen LogP contribution in [-0.2, 0) is 19.6 Å². The van der Waals surface area contributed by atoms with Crippen LogP contribution in [0.15, 0.2) is 29.8 Å². The summed E-state index contributed by atoms with van der Waals surface area (Å²) in [4.78, 5) is 9.30. The molecule has 26 heavy (non-hydrogen) atoms. The average Bonchev–Trinajstić information content (AvgIpc) is 3.08. The smallest absolute Gasteiger partial charge is 0.123 e. The molecule has 4 rings (SSSR count). The zero-order valence-electron chi connectivity index (χ0n) is 15.1. The first-order valence-electron chi connectivity index (χ1n) is 9.48. The first kappa shape index (κ1) is 17.9. The molecular formula is C20H27N3O2S. The Hall–Kier alpha value is -1.47. The van der Waals surface area contributed by atoms with Crippen molar-refractivity contribution in [3.05, 3.63) is 45.9 Å². The molecule has 2 aliphatic heterocycles. The monoisotopic (exact) mass is 373 g/mol. The van der Waals surface area contributed by atoms with E-state index in [1.54, 1.807) is 11.3 Å². The Morgan fingerprint density at radius 3 is 3.04 bits per heavy atom. The van der Waals surface area contributed by atoms with Crippen molar-refractivity contribution in [1.29, 1.82) is 0 Å². The molecule has 1 aromatic carbocycles. The van der Waals surface area contributed by atoms with Crippen LogP contribution in [-0.4, -0.2) is 52.7 Å². The molecule has 1 saturated heterocycles. The molecule has 1 aromatic heterocycles. The number of aliphatic hydroxyl groups excluding tert-OH is 1. The van der Waals surface area contributed by atoms with E-state index < -0.39 is 0 Å². The third-order valence-electron chi connectivity index (χ3n) is 5.29. The molecular weight excluding hydrogens is 346 g/mol. The van der Waals surface area contributed by atoms with Crippen LogP contribution in [0.2, 0.25) is 0 Å². The van der Waals surface area contributed by atoms with Crippen LogP contribution in [0.4, 0.5) is 0 Å². The summed E-state index contributed by atoms with van der Waals surface area (Å²) in [7, 11) is 0. The summed E-state index contributed by atoms with van der Waals surface area (Å²) in [6, 6.07) is 6.63. The van der Waals surface area contributed by atoms with E-state index >= 15 is 0 Å². The number of fused-ring (bicyclic) bond motifs is 1. The molecule has 2 aromatic rings. The Bertz CT molecular complexity index is 707. The lowest BCUT2D eigenvalue weighted by atomic mass is 9.98. The lowest BCUT2D eigenvalue weighted by molar-refractivity contribution is 0.116. The van der Waals surface area contributed by atoms with Crippen molar-refractivity contribution in [3.63, 3.8) is 0 Å². The highest BCUT2D eigenvalue weighted by Gasteiger charge is 2.21. The van der Waals surface area contributed by atoms with Crippen LogP contribution in [0.25, 0.3) is 0 Å². The summed E-state index contributed by atoms with van der Waals surface area (Å²) in [5, 5.41) is 12.6. The predicted molar refractivity (Wildman–Crippen MR) is 103 cm³/mol. The fourth-order valence-electron chi connectivity index (χ4n) is 3.96. The number of aromatic nitrogens is 1. The second-order valence-corrected chi connectivity index (χ2v) is 8.33. The van der Waals surface area contributed by atoms with Gasteiger partial charge < -0.3 is 9.84 Å². The number of likely N-dealkylation sites (tertiary alicyclic amines) is 1. The van der Waals surface area contributed by atoms with E-state index in [1.165, 1.54) is 17.5 Å². The number of hydrogen-bond acceptors (Lipinski definition) is 6. The summed E-state index contributed by atoms with van der Waals surface area (Å²) >= 11 is 1.71. The average molecular weight is 374 g/mol. The van der Waals surface area contributed by atoms with Gasteiger partial charge in [0, 0.05) is 49.9 Å². The first-order valence-corrected chi connectivity index (χ1v) is 10.4. The van der Waals surface area contributed by atoms with Crippen LogP contribution < -0.4 is 4.74 Å². The standard InChI is InChI=1S/C20H27N3O2S/c24-15-17-2-1-6-22(12-17)11-16-3-4-19-18(10-16)13-23(7-8-25-19)14-20-21-5-9-26-20/h3-5,9-10,17,24H,1-2,6-8,11-15H2. The lowest BCUT2D eigenvalue weighted by Crippen LogP contribution is -2.36. The molecule has 5 nitrogen and oxygen atoms in total. The van der Waals surface area contributed by atoms with Crippen molar-refractivity contribution >= 4 is 11.3 Å². The van der Waals surface area contributed by atoms with Gasteiger partial charge in [0.1, 0.15) is 17.4 Å². The van der Waals surface area contributed by atoms with Crippen LogP contribution in [0.1, 0.15) is 29.0 Å². The number of ether oxygens (including phenoxy) is 1. The van der Waals surface area contributed by atoms with Crippen LogP contribution in [0, 0.1) is 5.92 Å². The zero-order chi connectivity index (χ0) is 17.8. The van der Waals surface area contributed by atoms with Crippen molar-refractivity contribution in [3.8, 4) is 5.75 Å². The minimum absolute atomic E-state index is 0.306. The summed E-state index contributed by atoms with van der Waals surface area (Å²) < 4.78 is 5.97. The van der Waals surface area contributed by atoms with E-state index in [0.717, 1.165) is 63.1 Å². The maximum atomic E-state index is 9.45. The maximum Gasteiger partial charge on any atom is 0.123 e. The van der Waals surface area contributed by atoms with Gasteiger partial charge in [0.2, 0.25) is 0 Å². The molecule has 0 aliphatic carbocycles. The maximum absolute atomic E-state index is 9.45. The Labute approximate surface area is 159 Å². The van der Waals surface area contributed by atoms with Crippen molar-refractivity contribution in [2.75, 3.05) is 32.8 Å². The van der Waals surface area contributed by atoms with Gasteiger partial charge in [-0.2, -0.15) is 0 Å². The molecule has 140 valence electrons. The molecule has 1 atom stereocenters. The molecule has 0 amide bonds. The molecule has 2 aliphatic rings. The summed E-state index contributed by atoms with van der Waals surface area (Å²) in [5.41, 5.74) is 2.61. The minimum atomic E-state index is 0.306. The Morgan fingerprint density at radius 1 is 1.23 bits per heavy atom. The molecule has 0 spiro atoms. The van der Waals surface area contributed by atoms with E-state index in [4.69, 9.17) is 4.74 Å². The number of rotatable bonds is 5. The summed E-state index contributed by atoms with van der Waals surface area (Å²) in [6.07, 6.45) is 4.20. The van der Waals surface area contributed by atoms with Crippen molar-refractivity contribution in [2.24, 2.45) is 5.92 Å². The molecule has 3 heterocycles. The van der Waals surface area contributed by atoms with Gasteiger partial charge in [-0.05, 0) is 43.0 Å². The third-order valence-corrected chi connectivity index (χ3v) is 6.06. The van der Waals surface area contributed by atoms with E-state index in [9.17, 15) is 5.11 Å². The third kappa shape index (κ3) is 4.43. The van der Waals surface area contributed by atoms with Crippen LogP contribution in [0.3, 0.4) is 0 Å². The molecule has 0 bridgehead atoms. The van der Waals surface area contributed by atoms with Gasteiger partial charge >= 0.3 is 0 Å². The Kier molecular flexibility index (Phi) is 5.84. The highest BCUT2D eigenvalue weighted by atomic mass is 32.1. The van der Waals surface area contributed by atoms with E-state index in [1.807, 2.05) is 11.6 Å². The van der Waals surface area contributed by atoms with Gasteiger partial charge in [-0.15, -0.1) is 11.3 Å². The van der Waals surface area contributed by atoms with Gasteiger partial charge in [0.15, 0.2) is 0 Å². The van der Waals surface area contributed by atoms with Gasteiger partial charge in [0.05, 0.1) is 6.54 Å². The number of thiazole rings is 1. The molecule has 0 saturated carbocycles.